The molecular formula is C2H9AlCl2S. The highest BCUT2D eigenvalue weighted by Crippen LogP contribution is 1.26. The standard InChI is InChI=1S/C2H6.Al.2ClH.H2S/c1-2;;;;/h1-2H3;;2*1H;1H2/q;+1;;;/p-1. The molecule has 0 aromatic heterocycles. The zero-order chi connectivity index (χ0) is 4.00. The Balaban J connectivity index is -0.00000000500. The Morgan fingerprint density at radius 3 is 1.00 bits per heavy atom. The molecule has 0 rings (SSSR count). The molecular weight excluding hydrogens is 154 g/mol. The van der Waals surface area contributed by atoms with Crippen LogP contribution in [0.25, 0.3) is 0 Å². The van der Waals surface area contributed by atoms with Gasteiger partial charge in [-0.2, -0.15) is 0 Å². The highest BCUT2D eigenvalue weighted by atomic mass is 35.5. The van der Waals surface area contributed by atoms with Gasteiger partial charge in [0.1, 0.15) is 0 Å². The Morgan fingerprint density at radius 1 is 1.00 bits per heavy atom. The Bertz CT molecular complexity index is 11.5. The maximum atomic E-state index is 3.44. The quantitative estimate of drug-likeness (QED) is 0.409. The third-order valence-electron chi connectivity index (χ3n) is 0. The molecule has 0 atom stereocenters. The smallest absolute Gasteiger partial charge is 0.226 e. The van der Waals surface area contributed by atoms with Gasteiger partial charge in [-0.3, -0.25) is 0 Å². The van der Waals surface area contributed by atoms with E-state index in [1.54, 1.807) is 0 Å². The maximum absolute atomic E-state index is 3.44. The van der Waals surface area contributed by atoms with E-state index in [1.807, 2.05) is 13.8 Å². The van der Waals surface area contributed by atoms with Crippen LogP contribution in [0, 0.1) is 0 Å². The predicted molar refractivity (Wildman–Crippen MR) is 40.6 cm³/mol. The molecule has 0 aliphatic rings. The summed E-state index contributed by atoms with van der Waals surface area (Å²) in [5.41, 5.74) is 0. The molecule has 0 N–H and O–H groups in total. The lowest BCUT2D eigenvalue weighted by Crippen LogP contribution is -0.991. The molecule has 0 nitrogen and oxygen atoms in total. The van der Waals surface area contributed by atoms with Gasteiger partial charge in [0.05, 0.1) is 0 Å². The van der Waals surface area contributed by atoms with Gasteiger partial charge in [-0.25, -0.2) is 0 Å². The topological polar surface area (TPSA) is 0 Å². The molecule has 0 saturated heterocycles. The normalized spacial score (nSPS) is 1.83. The van der Waals surface area contributed by atoms with Gasteiger partial charge >= 0.3 is 0 Å². The van der Waals surface area contributed by atoms with Crippen LogP contribution in [0.2, 0.25) is 0 Å². The summed E-state index contributed by atoms with van der Waals surface area (Å²) in [5, 5.41) is 0. The lowest BCUT2D eigenvalue weighted by Gasteiger charge is -1.07. The molecule has 0 heterocycles. The van der Waals surface area contributed by atoms with E-state index < -0.39 is 0 Å². The molecule has 0 aromatic carbocycles. The summed E-state index contributed by atoms with van der Waals surface area (Å²) in [6, 6.07) is 0. The molecule has 6 heavy (non-hydrogen) atoms. The van der Waals surface area contributed by atoms with E-state index in [0.29, 0.717) is 0 Å². The van der Waals surface area contributed by atoms with Crippen molar-refractivity contribution in [3.8, 4) is 0 Å². The second-order valence-electron chi connectivity index (χ2n) is 0. The van der Waals surface area contributed by atoms with E-state index in [-0.39, 0.29) is 24.8 Å². The first-order valence-electron chi connectivity index (χ1n) is 1.26. The Hall–Kier alpha value is 1.46. The molecule has 40 valence electrons. The molecule has 0 unspecified atom stereocenters. The van der Waals surface area contributed by atoms with Crippen molar-refractivity contribution in [2.45, 2.75) is 13.8 Å². The van der Waals surface area contributed by atoms with Crippen LogP contribution in [0.4, 0.5) is 0 Å². The fraction of sp³-hybridized carbons (Fsp3) is 1.00. The van der Waals surface area contributed by atoms with Crippen LogP contribution in [0.3, 0.4) is 0 Å². The fourth-order valence-corrected chi connectivity index (χ4v) is 0. The van der Waals surface area contributed by atoms with Gasteiger partial charge in [0.15, 0.2) is 0 Å². The zero-order valence-corrected chi connectivity index (χ0v) is 7.52. The highest BCUT2D eigenvalue weighted by Gasteiger charge is 0.996. The second kappa shape index (κ2) is 90.2. The van der Waals surface area contributed by atoms with Gasteiger partial charge in [0, 0.05) is 0 Å². The molecule has 0 bridgehead atoms. The third kappa shape index (κ3) is 50.9. The lowest BCUT2D eigenvalue weighted by atomic mass is 11.0. The van der Waals surface area contributed by atoms with Crippen LogP contribution < -0.4 is 0 Å². The Labute approximate surface area is 64.8 Å². The van der Waals surface area contributed by atoms with Crippen molar-refractivity contribution in [2.24, 2.45) is 0 Å². The van der Waals surface area contributed by atoms with Crippen molar-refractivity contribution in [3.05, 3.63) is 0 Å². The Morgan fingerprint density at radius 2 is 1.00 bits per heavy atom. The summed E-state index contributed by atoms with van der Waals surface area (Å²) >= 11 is 2.11. The summed E-state index contributed by atoms with van der Waals surface area (Å²) in [5.74, 6) is 0. The van der Waals surface area contributed by atoms with E-state index in [1.165, 1.54) is 0 Å². The summed E-state index contributed by atoms with van der Waals surface area (Å²) in [4.78, 5) is 0. The first-order valence-corrected chi connectivity index (χ1v) is 3.32. The lowest BCUT2D eigenvalue weighted by molar-refractivity contribution is 1.50. The van der Waals surface area contributed by atoms with Crippen LogP contribution in [-0.4, -0.2) is 15.2 Å². The SMILES string of the molecule is CC.Cl.Cl.[Al][SH]. The van der Waals surface area contributed by atoms with Crippen LogP contribution >= 0.6 is 35.8 Å². The van der Waals surface area contributed by atoms with E-state index in [9.17, 15) is 0 Å². The van der Waals surface area contributed by atoms with Crippen molar-refractivity contribution in [1.82, 2.24) is 0 Å². The van der Waals surface area contributed by atoms with E-state index in [0.717, 1.165) is 0 Å². The van der Waals surface area contributed by atoms with E-state index in [4.69, 9.17) is 0 Å². The van der Waals surface area contributed by atoms with E-state index >= 15 is 0 Å². The first-order chi connectivity index (χ1) is 2.00. The number of hydrogen-bond acceptors (Lipinski definition) is 1. The molecule has 4 heteroatoms. The van der Waals surface area contributed by atoms with Crippen LogP contribution in [0.5, 0.6) is 0 Å². The molecule has 2 radical (unpaired) electrons. The minimum Gasteiger partial charge on any atom is -0.302 e. The third-order valence-corrected chi connectivity index (χ3v) is 0. The summed E-state index contributed by atoms with van der Waals surface area (Å²) in [6.45, 7) is 4.00. The van der Waals surface area contributed by atoms with Crippen molar-refractivity contribution >= 4 is 51.0 Å². The van der Waals surface area contributed by atoms with Gasteiger partial charge in [-0.1, -0.05) is 13.8 Å². The second-order valence-corrected chi connectivity index (χ2v) is 0. The molecule has 0 amide bonds. The monoisotopic (exact) mass is 162 g/mol. The number of halogens is 2. The highest BCUT2D eigenvalue weighted by molar-refractivity contribution is 8.03. The summed E-state index contributed by atoms with van der Waals surface area (Å²) in [7, 11) is 3.44. The van der Waals surface area contributed by atoms with Crippen LogP contribution in [0.1, 0.15) is 13.8 Å². The van der Waals surface area contributed by atoms with Crippen molar-refractivity contribution in [2.75, 3.05) is 0 Å². The Kier molecular flexibility index (Phi) is 391. The predicted octanol–water partition coefficient (Wildman–Crippen LogP) is 1.87. The molecule has 0 spiro atoms. The average molecular weight is 163 g/mol. The van der Waals surface area contributed by atoms with Crippen molar-refractivity contribution in [1.29, 1.82) is 0 Å². The van der Waals surface area contributed by atoms with Gasteiger partial charge < -0.3 is 11.0 Å². The summed E-state index contributed by atoms with van der Waals surface area (Å²) < 4.78 is 0. The fourth-order valence-electron chi connectivity index (χ4n) is 0. The maximum Gasteiger partial charge on any atom is 0.226 e. The van der Waals surface area contributed by atoms with Gasteiger partial charge in [0.2, 0.25) is 15.2 Å². The van der Waals surface area contributed by atoms with Gasteiger partial charge in [-0.15, -0.1) is 24.8 Å². The number of thiol groups is 1. The van der Waals surface area contributed by atoms with Gasteiger partial charge in [0.25, 0.3) is 0 Å². The molecule has 0 saturated carbocycles. The minimum atomic E-state index is 0. The van der Waals surface area contributed by atoms with Crippen LogP contribution in [0.15, 0.2) is 0 Å². The average Bonchev–Trinajstić information content (AvgIpc) is 1.50. The van der Waals surface area contributed by atoms with Gasteiger partial charge in [-0.05, 0) is 0 Å². The van der Waals surface area contributed by atoms with E-state index in [2.05, 4.69) is 26.2 Å². The number of hydrogen-bond donors (Lipinski definition) is 1. The van der Waals surface area contributed by atoms with Crippen molar-refractivity contribution < 1.29 is 0 Å². The first kappa shape index (κ1) is 26.0. The van der Waals surface area contributed by atoms with Crippen LogP contribution in [-0.2, 0) is 0 Å². The zero-order valence-electron chi connectivity index (χ0n) is 3.84. The largest absolute Gasteiger partial charge is 0.302 e. The molecule has 0 fully saturated rings. The molecule has 0 aromatic rings. The molecule has 0 aliphatic heterocycles. The summed E-state index contributed by atoms with van der Waals surface area (Å²) in [6.07, 6.45) is 0. The molecule has 0 aliphatic carbocycles. The number of rotatable bonds is 0. The van der Waals surface area contributed by atoms with Crippen molar-refractivity contribution in [3.63, 3.8) is 0 Å². The minimum absolute atomic E-state index is 0.